The lowest BCUT2D eigenvalue weighted by Gasteiger charge is -2.35. The predicted octanol–water partition coefficient (Wildman–Crippen LogP) is 0.392. The number of nitrogens with zero attached hydrogens (tertiary/aromatic N) is 5. The summed E-state index contributed by atoms with van der Waals surface area (Å²) in [5.41, 5.74) is 0.956. The van der Waals surface area contributed by atoms with E-state index in [-0.39, 0.29) is 0 Å². The third kappa shape index (κ3) is 2.46. The van der Waals surface area contributed by atoms with Crippen LogP contribution >= 0.6 is 0 Å². The average molecular weight is 261 g/mol. The number of hydrogen-bond donors (Lipinski definition) is 2. The van der Waals surface area contributed by atoms with Gasteiger partial charge in [-0.1, -0.05) is 0 Å². The monoisotopic (exact) mass is 261 g/mol. The Morgan fingerprint density at radius 1 is 1.26 bits per heavy atom. The first-order valence-electron chi connectivity index (χ1n) is 6.54. The van der Waals surface area contributed by atoms with Crippen molar-refractivity contribution in [3.05, 3.63) is 12.4 Å². The van der Waals surface area contributed by atoms with Gasteiger partial charge in [-0.25, -0.2) is 0 Å². The van der Waals surface area contributed by atoms with E-state index in [0.717, 1.165) is 30.4 Å². The van der Waals surface area contributed by atoms with Gasteiger partial charge in [0.1, 0.15) is 0 Å². The predicted molar refractivity (Wildman–Crippen MR) is 72.9 cm³/mol. The molecule has 2 N–H and O–H groups in total. The Bertz CT molecular complexity index is 548. The van der Waals surface area contributed by atoms with E-state index in [1.165, 1.54) is 0 Å². The molecule has 0 spiro atoms. The number of anilines is 1. The lowest BCUT2D eigenvalue weighted by Crippen LogP contribution is -2.54. The second kappa shape index (κ2) is 4.65. The summed E-state index contributed by atoms with van der Waals surface area (Å²) in [6.07, 6.45) is 3.71. The molecule has 3 rings (SSSR count). The molecule has 7 nitrogen and oxygen atoms in total. The molecule has 0 saturated carbocycles. The normalized spacial score (nSPS) is 23.8. The van der Waals surface area contributed by atoms with Crippen LogP contribution in [0.4, 0.5) is 5.95 Å². The van der Waals surface area contributed by atoms with Gasteiger partial charge in [-0.05, 0) is 13.8 Å². The molecule has 2 aromatic heterocycles. The average Bonchev–Trinajstić information content (AvgIpc) is 2.95. The molecule has 0 aliphatic carbocycles. The van der Waals surface area contributed by atoms with Crippen molar-refractivity contribution >= 4 is 5.95 Å². The molecule has 1 aliphatic rings. The van der Waals surface area contributed by atoms with E-state index in [9.17, 15) is 0 Å². The van der Waals surface area contributed by atoms with Crippen LogP contribution in [-0.4, -0.2) is 50.1 Å². The van der Waals surface area contributed by atoms with Crippen LogP contribution in [0.15, 0.2) is 12.4 Å². The summed E-state index contributed by atoms with van der Waals surface area (Å²) in [5, 5.41) is 14.9. The molecule has 1 fully saturated rings. The molecule has 102 valence electrons. The minimum atomic E-state index is 0.448. The number of piperazine rings is 1. The van der Waals surface area contributed by atoms with Crippen molar-refractivity contribution in [1.29, 1.82) is 0 Å². The van der Waals surface area contributed by atoms with E-state index in [1.807, 2.05) is 13.2 Å². The van der Waals surface area contributed by atoms with Crippen molar-refractivity contribution < 1.29 is 0 Å². The van der Waals surface area contributed by atoms with E-state index in [4.69, 9.17) is 0 Å². The summed E-state index contributed by atoms with van der Waals surface area (Å²) in [6, 6.07) is 0.896. The Morgan fingerprint density at radius 2 is 2.00 bits per heavy atom. The quantitative estimate of drug-likeness (QED) is 0.818. The van der Waals surface area contributed by atoms with Crippen LogP contribution in [0.5, 0.6) is 0 Å². The van der Waals surface area contributed by atoms with Gasteiger partial charge < -0.3 is 10.2 Å². The Hall–Kier alpha value is -1.89. The summed E-state index contributed by atoms with van der Waals surface area (Å²) >= 11 is 0. The van der Waals surface area contributed by atoms with Crippen molar-refractivity contribution in [2.45, 2.75) is 25.9 Å². The first-order chi connectivity index (χ1) is 9.11. The smallest absolute Gasteiger partial charge is 0.245 e. The number of aromatic nitrogens is 5. The number of hydrogen-bond acceptors (Lipinski definition) is 5. The van der Waals surface area contributed by atoms with Gasteiger partial charge >= 0.3 is 0 Å². The second-order valence-corrected chi connectivity index (χ2v) is 5.26. The third-order valence-electron chi connectivity index (χ3n) is 3.29. The lowest BCUT2D eigenvalue weighted by molar-refractivity contribution is 0.403. The first kappa shape index (κ1) is 12.2. The van der Waals surface area contributed by atoms with Gasteiger partial charge in [-0.15, -0.1) is 5.10 Å². The minimum Gasteiger partial charge on any atom is -0.336 e. The first-order valence-corrected chi connectivity index (χ1v) is 6.54. The Balaban J connectivity index is 1.81. The van der Waals surface area contributed by atoms with Gasteiger partial charge in [0.05, 0.1) is 11.8 Å². The number of rotatable bonds is 2. The summed E-state index contributed by atoms with van der Waals surface area (Å²) in [6.45, 7) is 6.21. The van der Waals surface area contributed by atoms with Gasteiger partial charge in [0.25, 0.3) is 0 Å². The Kier molecular flexibility index (Phi) is 2.98. The molecule has 2 aromatic rings. The number of aryl methyl sites for hydroxylation is 1. The van der Waals surface area contributed by atoms with E-state index >= 15 is 0 Å². The van der Waals surface area contributed by atoms with Crippen molar-refractivity contribution in [2.24, 2.45) is 7.05 Å². The highest BCUT2D eigenvalue weighted by atomic mass is 15.4. The van der Waals surface area contributed by atoms with E-state index < -0.39 is 0 Å². The molecular formula is C12H19N7. The van der Waals surface area contributed by atoms with Crippen LogP contribution in [0.1, 0.15) is 13.8 Å². The highest BCUT2D eigenvalue weighted by molar-refractivity contribution is 5.54. The zero-order valence-corrected chi connectivity index (χ0v) is 11.5. The van der Waals surface area contributed by atoms with E-state index in [0.29, 0.717) is 12.1 Å². The van der Waals surface area contributed by atoms with Crippen LogP contribution < -0.4 is 10.2 Å². The largest absolute Gasteiger partial charge is 0.336 e. The molecular weight excluding hydrogens is 242 g/mol. The van der Waals surface area contributed by atoms with Gasteiger partial charge in [0.2, 0.25) is 5.95 Å². The summed E-state index contributed by atoms with van der Waals surface area (Å²) < 4.78 is 1.76. The molecule has 1 saturated heterocycles. The fraction of sp³-hybridized carbons (Fsp3) is 0.583. The Morgan fingerprint density at radius 3 is 2.63 bits per heavy atom. The summed E-state index contributed by atoms with van der Waals surface area (Å²) in [4.78, 5) is 6.78. The maximum atomic E-state index is 4.56. The summed E-state index contributed by atoms with van der Waals surface area (Å²) in [7, 11) is 1.89. The van der Waals surface area contributed by atoms with Crippen LogP contribution in [0.3, 0.4) is 0 Å². The molecule has 19 heavy (non-hydrogen) atoms. The SMILES string of the molecule is CC1CN(c2n[nH]c(-c3cnn(C)c3)n2)CC(C)N1. The fourth-order valence-electron chi connectivity index (χ4n) is 2.56. The molecule has 7 heteroatoms. The third-order valence-corrected chi connectivity index (χ3v) is 3.29. The van der Waals surface area contributed by atoms with Crippen molar-refractivity contribution in [1.82, 2.24) is 30.3 Å². The molecule has 0 radical (unpaired) electrons. The van der Waals surface area contributed by atoms with Gasteiger partial charge in [0, 0.05) is 38.4 Å². The maximum absolute atomic E-state index is 4.56. The number of aromatic amines is 1. The van der Waals surface area contributed by atoms with E-state index in [2.05, 4.69) is 44.3 Å². The van der Waals surface area contributed by atoms with Crippen LogP contribution in [-0.2, 0) is 7.05 Å². The lowest BCUT2D eigenvalue weighted by atomic mass is 10.1. The van der Waals surface area contributed by atoms with Gasteiger partial charge in [-0.2, -0.15) is 10.1 Å². The van der Waals surface area contributed by atoms with Crippen LogP contribution in [0, 0.1) is 0 Å². The highest BCUT2D eigenvalue weighted by Crippen LogP contribution is 2.18. The molecule has 2 unspecified atom stereocenters. The van der Waals surface area contributed by atoms with Crippen molar-refractivity contribution in [3.63, 3.8) is 0 Å². The Labute approximate surface area is 112 Å². The zero-order valence-electron chi connectivity index (χ0n) is 11.5. The number of nitrogens with one attached hydrogen (secondary N) is 2. The van der Waals surface area contributed by atoms with Crippen LogP contribution in [0.25, 0.3) is 11.4 Å². The molecule has 3 heterocycles. The van der Waals surface area contributed by atoms with Gasteiger partial charge in [-0.3, -0.25) is 9.78 Å². The van der Waals surface area contributed by atoms with E-state index in [1.54, 1.807) is 10.9 Å². The van der Waals surface area contributed by atoms with Crippen molar-refractivity contribution in [3.8, 4) is 11.4 Å². The zero-order chi connectivity index (χ0) is 13.4. The molecule has 1 aliphatic heterocycles. The van der Waals surface area contributed by atoms with Crippen molar-refractivity contribution in [2.75, 3.05) is 18.0 Å². The summed E-state index contributed by atoms with van der Waals surface area (Å²) in [5.74, 6) is 1.53. The number of H-pyrrole nitrogens is 1. The molecule has 0 amide bonds. The fourth-order valence-corrected chi connectivity index (χ4v) is 2.56. The highest BCUT2D eigenvalue weighted by Gasteiger charge is 2.23. The molecule has 0 aromatic carbocycles. The topological polar surface area (TPSA) is 74.7 Å². The van der Waals surface area contributed by atoms with Crippen LogP contribution in [0.2, 0.25) is 0 Å². The molecule has 0 bridgehead atoms. The second-order valence-electron chi connectivity index (χ2n) is 5.26. The van der Waals surface area contributed by atoms with Gasteiger partial charge in [0.15, 0.2) is 5.82 Å². The maximum Gasteiger partial charge on any atom is 0.245 e. The standard InChI is InChI=1S/C12H19N7/c1-8-5-19(6-9(2)14-8)12-15-11(16-17-12)10-4-13-18(3)7-10/h4,7-9,14H,5-6H2,1-3H3,(H,15,16,17). The molecule has 2 atom stereocenters. The minimum absolute atomic E-state index is 0.448.